The normalized spacial score (nSPS) is 12.4. The van der Waals surface area contributed by atoms with Crippen LogP contribution in [0.25, 0.3) is 0 Å². The summed E-state index contributed by atoms with van der Waals surface area (Å²) in [6, 6.07) is 19.9. The van der Waals surface area contributed by atoms with Gasteiger partial charge in [0.2, 0.25) is 11.8 Å². The Labute approximate surface area is 197 Å². The van der Waals surface area contributed by atoms with E-state index in [1.165, 1.54) is 0 Å². The second-order valence-corrected chi connectivity index (χ2v) is 7.55. The van der Waals surface area contributed by atoms with E-state index in [1.54, 1.807) is 43.5 Å². The summed E-state index contributed by atoms with van der Waals surface area (Å²) in [7, 11) is 1.60. The highest BCUT2D eigenvalue weighted by Gasteiger charge is 2.20. The predicted molar refractivity (Wildman–Crippen MR) is 131 cm³/mol. The molecular formula is C27H23N3O4. The number of methoxy groups -OCH3 is 1. The van der Waals surface area contributed by atoms with E-state index >= 15 is 0 Å². The van der Waals surface area contributed by atoms with E-state index in [4.69, 9.17) is 20.2 Å². The van der Waals surface area contributed by atoms with E-state index in [-0.39, 0.29) is 12.3 Å². The Morgan fingerprint density at radius 2 is 1.88 bits per heavy atom. The molecule has 34 heavy (non-hydrogen) atoms. The van der Waals surface area contributed by atoms with Crippen LogP contribution in [0, 0.1) is 11.8 Å². The van der Waals surface area contributed by atoms with Gasteiger partial charge in [0.25, 0.3) is 0 Å². The van der Waals surface area contributed by atoms with E-state index < -0.39 is 5.91 Å². The Morgan fingerprint density at radius 3 is 2.65 bits per heavy atom. The molecule has 0 spiro atoms. The van der Waals surface area contributed by atoms with Gasteiger partial charge in [0.15, 0.2) is 0 Å². The highest BCUT2D eigenvalue weighted by molar-refractivity contribution is 6.17. The quantitative estimate of drug-likeness (QED) is 0.439. The van der Waals surface area contributed by atoms with Gasteiger partial charge in [-0.25, -0.2) is 4.99 Å². The van der Waals surface area contributed by atoms with Crippen molar-refractivity contribution < 1.29 is 19.1 Å². The van der Waals surface area contributed by atoms with Crippen LogP contribution in [0.15, 0.2) is 71.7 Å². The minimum absolute atomic E-state index is 0.0434. The van der Waals surface area contributed by atoms with Gasteiger partial charge in [-0.1, -0.05) is 42.2 Å². The summed E-state index contributed by atoms with van der Waals surface area (Å²) in [5.41, 5.74) is 9.47. The molecule has 0 unspecified atom stereocenters. The molecule has 3 N–H and O–H groups in total. The zero-order valence-electron chi connectivity index (χ0n) is 18.6. The number of amides is 2. The number of ether oxygens (including phenoxy) is 2. The smallest absolute Gasteiger partial charge is 0.248 e. The van der Waals surface area contributed by atoms with Crippen LogP contribution in [0.3, 0.4) is 0 Å². The first kappa shape index (κ1) is 22.8. The van der Waals surface area contributed by atoms with Gasteiger partial charge in [-0.2, -0.15) is 0 Å². The first-order valence-electron chi connectivity index (χ1n) is 10.7. The maximum Gasteiger partial charge on any atom is 0.248 e. The highest BCUT2D eigenvalue weighted by atomic mass is 16.5. The van der Waals surface area contributed by atoms with Crippen molar-refractivity contribution in [2.45, 2.75) is 6.42 Å². The van der Waals surface area contributed by atoms with Gasteiger partial charge in [-0.15, -0.1) is 0 Å². The number of hydrogen-bond donors (Lipinski definition) is 2. The first-order valence-corrected chi connectivity index (χ1v) is 10.7. The van der Waals surface area contributed by atoms with E-state index in [0.29, 0.717) is 52.7 Å². The lowest BCUT2D eigenvalue weighted by molar-refractivity contribution is -0.115. The number of nitrogens with one attached hydrogen (secondary N) is 1. The van der Waals surface area contributed by atoms with Gasteiger partial charge in [0.05, 0.1) is 35.7 Å². The molecule has 4 rings (SSSR count). The maximum atomic E-state index is 12.7. The first-order chi connectivity index (χ1) is 16.5. The van der Waals surface area contributed by atoms with E-state index in [2.05, 4.69) is 17.2 Å². The minimum Gasteiger partial charge on any atom is -0.490 e. The number of nitrogens with zero attached hydrogens (tertiary/aromatic N) is 1. The van der Waals surface area contributed by atoms with Crippen LogP contribution < -0.4 is 15.8 Å². The molecule has 0 aromatic heterocycles. The third-order valence-electron chi connectivity index (χ3n) is 5.10. The van der Waals surface area contributed by atoms with Crippen molar-refractivity contribution >= 4 is 28.9 Å². The van der Waals surface area contributed by atoms with E-state index in [9.17, 15) is 9.59 Å². The van der Waals surface area contributed by atoms with Crippen LogP contribution in [0.4, 0.5) is 11.4 Å². The van der Waals surface area contributed by atoms with Crippen LogP contribution in [0.5, 0.6) is 5.75 Å². The fourth-order valence-corrected chi connectivity index (χ4v) is 3.42. The number of carbonyl (C=O) groups excluding carboxylic acids is 2. The molecule has 3 aromatic carbocycles. The van der Waals surface area contributed by atoms with E-state index in [0.717, 1.165) is 5.56 Å². The number of hydrogen-bond acceptors (Lipinski definition) is 5. The SMILES string of the molecule is COCCOc1cc2c(cc1C#Cc1ccccc1)NC(=O)CC(c1cccc(C(N)=O)c1)=N2. The Morgan fingerprint density at radius 1 is 1.06 bits per heavy atom. The molecule has 1 heterocycles. The molecule has 170 valence electrons. The molecule has 1 aliphatic rings. The molecule has 0 atom stereocenters. The second kappa shape index (κ2) is 10.5. The summed E-state index contributed by atoms with van der Waals surface area (Å²) in [5.74, 6) is 6.02. The molecule has 0 saturated heterocycles. The van der Waals surface area contributed by atoms with Gasteiger partial charge in [-0.05, 0) is 35.9 Å². The van der Waals surface area contributed by atoms with Crippen LogP contribution >= 0.6 is 0 Å². The van der Waals surface area contributed by atoms with Gasteiger partial charge in [-0.3, -0.25) is 9.59 Å². The van der Waals surface area contributed by atoms with Crippen molar-refractivity contribution in [1.29, 1.82) is 0 Å². The maximum absolute atomic E-state index is 12.7. The second-order valence-electron chi connectivity index (χ2n) is 7.55. The number of aliphatic imine (C=N–C) groups is 1. The number of anilines is 1. The lowest BCUT2D eigenvalue weighted by Crippen LogP contribution is -2.16. The minimum atomic E-state index is -0.545. The summed E-state index contributed by atoms with van der Waals surface area (Å²) < 4.78 is 11.0. The zero-order valence-corrected chi connectivity index (χ0v) is 18.6. The van der Waals surface area contributed by atoms with Crippen molar-refractivity contribution in [3.05, 3.63) is 89.0 Å². The third-order valence-corrected chi connectivity index (χ3v) is 5.10. The molecule has 0 aliphatic carbocycles. The number of nitrogens with two attached hydrogens (primary N) is 1. The molecule has 7 nitrogen and oxygen atoms in total. The summed E-state index contributed by atoms with van der Waals surface area (Å²) in [6.07, 6.45) is 0.0434. The largest absolute Gasteiger partial charge is 0.490 e. The summed E-state index contributed by atoms with van der Waals surface area (Å²) in [6.45, 7) is 0.743. The number of primary amides is 1. The molecule has 0 bridgehead atoms. The molecule has 7 heteroatoms. The standard InChI is InChI=1S/C27H23N3O4/c1-33-12-13-34-25-16-24-23(15-20(25)11-10-18-6-3-2-4-7-18)30-26(31)17-22(29-24)19-8-5-9-21(14-19)27(28)32/h2-9,14-16H,12-13,17H2,1H3,(H2,28,32)(H,30,31). The fourth-order valence-electron chi connectivity index (χ4n) is 3.42. The molecule has 0 saturated carbocycles. The lowest BCUT2D eigenvalue weighted by Gasteiger charge is -2.12. The van der Waals surface area contributed by atoms with Crippen LogP contribution in [-0.4, -0.2) is 37.8 Å². The Hall–Kier alpha value is -4.41. The Bertz CT molecular complexity index is 1320. The van der Waals surface area contributed by atoms with Crippen LogP contribution in [0.2, 0.25) is 0 Å². The van der Waals surface area contributed by atoms with Crippen molar-refractivity contribution in [1.82, 2.24) is 0 Å². The van der Waals surface area contributed by atoms with Gasteiger partial charge < -0.3 is 20.5 Å². The Balaban J connectivity index is 1.78. The van der Waals surface area contributed by atoms with Gasteiger partial charge >= 0.3 is 0 Å². The topological polar surface area (TPSA) is 103 Å². The number of benzene rings is 3. The molecule has 0 fully saturated rings. The van der Waals surface area contributed by atoms with E-state index in [1.807, 2.05) is 30.3 Å². The van der Waals surface area contributed by atoms with Crippen molar-refractivity contribution in [3.8, 4) is 17.6 Å². The molecule has 3 aromatic rings. The summed E-state index contributed by atoms with van der Waals surface area (Å²) >= 11 is 0. The van der Waals surface area contributed by atoms with Gasteiger partial charge in [0.1, 0.15) is 12.4 Å². The molecule has 0 radical (unpaired) electrons. The number of carbonyl (C=O) groups is 2. The Kier molecular flexibility index (Phi) is 7.01. The van der Waals surface area contributed by atoms with Crippen molar-refractivity contribution in [2.75, 3.05) is 25.6 Å². The molecule has 2 amide bonds. The summed E-state index contributed by atoms with van der Waals surface area (Å²) in [4.78, 5) is 29.0. The molecule has 1 aliphatic heterocycles. The average Bonchev–Trinajstić information content (AvgIpc) is 3.01. The zero-order chi connectivity index (χ0) is 23.9. The highest BCUT2D eigenvalue weighted by Crippen LogP contribution is 2.35. The monoisotopic (exact) mass is 453 g/mol. The van der Waals surface area contributed by atoms with Crippen LogP contribution in [-0.2, 0) is 9.53 Å². The molecular weight excluding hydrogens is 430 g/mol. The summed E-state index contributed by atoms with van der Waals surface area (Å²) in [5, 5.41) is 2.90. The fraction of sp³-hybridized carbons (Fsp3) is 0.148. The van der Waals surface area contributed by atoms with Gasteiger partial charge in [0, 0.05) is 24.3 Å². The average molecular weight is 453 g/mol. The number of fused-ring (bicyclic) bond motifs is 1. The number of rotatable bonds is 6. The van der Waals surface area contributed by atoms with Crippen LogP contribution in [0.1, 0.15) is 33.5 Å². The lowest BCUT2D eigenvalue weighted by atomic mass is 10.0. The van der Waals surface area contributed by atoms with Crippen molar-refractivity contribution in [2.24, 2.45) is 10.7 Å². The third kappa shape index (κ3) is 5.49. The van der Waals surface area contributed by atoms with Crippen molar-refractivity contribution in [3.63, 3.8) is 0 Å². The predicted octanol–water partition coefficient (Wildman–Crippen LogP) is 3.67.